The number of hydrogen-bond donors (Lipinski definition) is 1. The lowest BCUT2D eigenvalue weighted by Crippen LogP contribution is -1.80. The van der Waals surface area contributed by atoms with Crippen molar-refractivity contribution in [3.05, 3.63) is 42.1 Å². The Morgan fingerprint density at radius 1 is 1.14 bits per heavy atom. The summed E-state index contributed by atoms with van der Waals surface area (Å²) in [5.74, 6) is 0. The molecule has 1 N–H and O–H groups in total. The molecule has 3 heteroatoms. The van der Waals surface area contributed by atoms with Gasteiger partial charge in [-0.15, -0.1) is 0 Å². The SMILES string of the molecule is CC=Cc1n[nH]nc1-c1ccccc1. The van der Waals surface area contributed by atoms with Crippen LogP contribution < -0.4 is 0 Å². The van der Waals surface area contributed by atoms with Crippen LogP contribution in [0.5, 0.6) is 0 Å². The van der Waals surface area contributed by atoms with Crippen LogP contribution in [0.4, 0.5) is 0 Å². The van der Waals surface area contributed by atoms with Crippen LogP contribution in [0.1, 0.15) is 12.6 Å². The van der Waals surface area contributed by atoms with Crippen LogP contribution in [-0.4, -0.2) is 15.4 Å². The number of allylic oxidation sites excluding steroid dienone is 1. The van der Waals surface area contributed by atoms with Crippen LogP contribution in [0.15, 0.2) is 36.4 Å². The minimum absolute atomic E-state index is 0.874. The van der Waals surface area contributed by atoms with E-state index >= 15 is 0 Å². The molecular formula is C11H11N3. The van der Waals surface area contributed by atoms with Crippen LogP contribution in [0, 0.1) is 0 Å². The Hall–Kier alpha value is -1.90. The van der Waals surface area contributed by atoms with Gasteiger partial charge in [-0.2, -0.15) is 15.4 Å². The van der Waals surface area contributed by atoms with Crippen molar-refractivity contribution >= 4 is 6.08 Å². The van der Waals surface area contributed by atoms with E-state index in [0.29, 0.717) is 0 Å². The van der Waals surface area contributed by atoms with Gasteiger partial charge in [-0.3, -0.25) is 0 Å². The first kappa shape index (κ1) is 8.69. The lowest BCUT2D eigenvalue weighted by Gasteiger charge is -1.95. The monoisotopic (exact) mass is 185 g/mol. The van der Waals surface area contributed by atoms with E-state index < -0.39 is 0 Å². The summed E-state index contributed by atoms with van der Waals surface area (Å²) < 4.78 is 0. The van der Waals surface area contributed by atoms with Gasteiger partial charge in [0.1, 0.15) is 11.4 Å². The summed E-state index contributed by atoms with van der Waals surface area (Å²) in [4.78, 5) is 0. The van der Waals surface area contributed by atoms with Gasteiger partial charge in [-0.25, -0.2) is 0 Å². The second-order valence-corrected chi connectivity index (χ2v) is 2.92. The first-order valence-corrected chi connectivity index (χ1v) is 4.50. The molecule has 0 fully saturated rings. The molecule has 0 atom stereocenters. The summed E-state index contributed by atoms with van der Waals surface area (Å²) in [5.41, 5.74) is 2.84. The summed E-state index contributed by atoms with van der Waals surface area (Å²) >= 11 is 0. The maximum atomic E-state index is 4.12. The number of H-pyrrole nitrogens is 1. The summed E-state index contributed by atoms with van der Waals surface area (Å²) in [7, 11) is 0. The van der Waals surface area contributed by atoms with Gasteiger partial charge in [0.25, 0.3) is 0 Å². The molecule has 14 heavy (non-hydrogen) atoms. The van der Waals surface area contributed by atoms with Crippen molar-refractivity contribution in [1.29, 1.82) is 0 Å². The largest absolute Gasteiger partial charge is 0.197 e. The van der Waals surface area contributed by atoms with Gasteiger partial charge in [0.05, 0.1) is 0 Å². The number of aromatic amines is 1. The highest BCUT2D eigenvalue weighted by molar-refractivity contribution is 5.68. The summed E-state index contributed by atoms with van der Waals surface area (Å²) in [6.07, 6.45) is 3.89. The van der Waals surface area contributed by atoms with E-state index in [4.69, 9.17) is 0 Å². The van der Waals surface area contributed by atoms with Crippen molar-refractivity contribution in [1.82, 2.24) is 15.4 Å². The highest BCUT2D eigenvalue weighted by Gasteiger charge is 2.05. The van der Waals surface area contributed by atoms with Gasteiger partial charge < -0.3 is 0 Å². The zero-order valence-corrected chi connectivity index (χ0v) is 7.94. The minimum atomic E-state index is 0.874. The topological polar surface area (TPSA) is 41.6 Å². The molecule has 2 aromatic rings. The Balaban J connectivity index is 2.47. The van der Waals surface area contributed by atoms with Crippen LogP contribution in [0.3, 0.4) is 0 Å². The van der Waals surface area contributed by atoms with Crippen molar-refractivity contribution in [2.24, 2.45) is 0 Å². The fourth-order valence-corrected chi connectivity index (χ4v) is 1.32. The molecule has 0 bridgehead atoms. The van der Waals surface area contributed by atoms with E-state index in [2.05, 4.69) is 15.4 Å². The molecule has 0 unspecified atom stereocenters. The number of nitrogens with one attached hydrogen (secondary N) is 1. The predicted molar refractivity (Wildman–Crippen MR) is 56.5 cm³/mol. The lowest BCUT2D eigenvalue weighted by atomic mass is 10.1. The second-order valence-electron chi connectivity index (χ2n) is 2.92. The normalized spacial score (nSPS) is 10.9. The smallest absolute Gasteiger partial charge is 0.120 e. The molecule has 3 nitrogen and oxygen atoms in total. The predicted octanol–water partition coefficient (Wildman–Crippen LogP) is 2.50. The molecule has 70 valence electrons. The molecule has 0 radical (unpaired) electrons. The number of rotatable bonds is 2. The van der Waals surface area contributed by atoms with E-state index in [9.17, 15) is 0 Å². The van der Waals surface area contributed by atoms with Gasteiger partial charge >= 0.3 is 0 Å². The van der Waals surface area contributed by atoms with E-state index in [1.54, 1.807) is 0 Å². The van der Waals surface area contributed by atoms with Crippen molar-refractivity contribution in [2.45, 2.75) is 6.92 Å². The van der Waals surface area contributed by atoms with Crippen molar-refractivity contribution in [3.63, 3.8) is 0 Å². The standard InChI is InChI=1S/C11H11N3/c1-2-6-10-11(13-14-12-10)9-7-4-3-5-8-9/h2-8H,1H3,(H,12,13,14). The summed E-state index contributed by atoms with van der Waals surface area (Å²) in [6.45, 7) is 1.96. The molecule has 1 aromatic heterocycles. The van der Waals surface area contributed by atoms with Gasteiger partial charge in [0.2, 0.25) is 0 Å². The Morgan fingerprint density at radius 2 is 1.93 bits per heavy atom. The molecule has 0 aliphatic rings. The van der Waals surface area contributed by atoms with Crippen LogP contribution >= 0.6 is 0 Å². The Labute approximate surface area is 82.5 Å². The third-order valence-corrected chi connectivity index (χ3v) is 1.95. The molecule has 0 spiro atoms. The van der Waals surface area contributed by atoms with E-state index in [-0.39, 0.29) is 0 Å². The van der Waals surface area contributed by atoms with Crippen LogP contribution in [-0.2, 0) is 0 Å². The number of hydrogen-bond acceptors (Lipinski definition) is 2. The van der Waals surface area contributed by atoms with Gasteiger partial charge in [-0.05, 0) is 13.0 Å². The van der Waals surface area contributed by atoms with Gasteiger partial charge in [0, 0.05) is 5.56 Å². The Bertz CT molecular complexity index is 429. The fourth-order valence-electron chi connectivity index (χ4n) is 1.32. The molecule has 0 amide bonds. The van der Waals surface area contributed by atoms with Gasteiger partial charge in [0.15, 0.2) is 0 Å². The second kappa shape index (κ2) is 3.87. The average molecular weight is 185 g/mol. The number of nitrogens with zero attached hydrogens (tertiary/aromatic N) is 2. The zero-order valence-electron chi connectivity index (χ0n) is 7.94. The number of aromatic nitrogens is 3. The van der Waals surface area contributed by atoms with Crippen molar-refractivity contribution in [3.8, 4) is 11.3 Å². The molecule has 0 saturated heterocycles. The quantitative estimate of drug-likeness (QED) is 0.781. The fraction of sp³-hybridized carbons (Fsp3) is 0.0909. The Kier molecular flexibility index (Phi) is 2.40. The first-order chi connectivity index (χ1) is 6.92. The van der Waals surface area contributed by atoms with Crippen molar-refractivity contribution < 1.29 is 0 Å². The first-order valence-electron chi connectivity index (χ1n) is 4.50. The molecule has 1 aromatic carbocycles. The summed E-state index contributed by atoms with van der Waals surface area (Å²) in [6, 6.07) is 10.0. The Morgan fingerprint density at radius 3 is 2.64 bits per heavy atom. The average Bonchev–Trinajstić information content (AvgIpc) is 2.68. The van der Waals surface area contributed by atoms with Gasteiger partial charge in [-0.1, -0.05) is 36.4 Å². The molecule has 1 heterocycles. The molecule has 2 rings (SSSR count). The minimum Gasteiger partial charge on any atom is -0.197 e. The van der Waals surface area contributed by atoms with Crippen LogP contribution in [0.25, 0.3) is 17.3 Å². The van der Waals surface area contributed by atoms with Crippen LogP contribution in [0.2, 0.25) is 0 Å². The van der Waals surface area contributed by atoms with Crippen molar-refractivity contribution in [2.75, 3.05) is 0 Å². The third kappa shape index (κ3) is 1.57. The number of benzene rings is 1. The summed E-state index contributed by atoms with van der Waals surface area (Å²) in [5, 5.41) is 10.8. The highest BCUT2D eigenvalue weighted by atomic mass is 15.3. The third-order valence-electron chi connectivity index (χ3n) is 1.95. The molecule has 0 aliphatic carbocycles. The maximum absolute atomic E-state index is 4.12. The highest BCUT2D eigenvalue weighted by Crippen LogP contribution is 2.19. The lowest BCUT2D eigenvalue weighted by molar-refractivity contribution is 0.939. The van der Waals surface area contributed by atoms with E-state index in [0.717, 1.165) is 17.0 Å². The van der Waals surface area contributed by atoms with E-state index in [1.807, 2.05) is 49.4 Å². The zero-order chi connectivity index (χ0) is 9.80. The molecular weight excluding hydrogens is 174 g/mol. The van der Waals surface area contributed by atoms with E-state index in [1.165, 1.54) is 0 Å². The molecule has 0 saturated carbocycles. The molecule has 0 aliphatic heterocycles. The maximum Gasteiger partial charge on any atom is 0.120 e.